The first kappa shape index (κ1) is 13.4. The Morgan fingerprint density at radius 1 is 1.33 bits per heavy atom. The molecule has 21 heavy (non-hydrogen) atoms. The van der Waals surface area contributed by atoms with Crippen LogP contribution in [-0.2, 0) is 6.54 Å². The van der Waals surface area contributed by atoms with Crippen LogP contribution in [0.5, 0.6) is 0 Å². The van der Waals surface area contributed by atoms with Crippen molar-refractivity contribution < 1.29 is 4.79 Å². The standard InChI is InChI=1S/C15H12N4OS/c16-8-10-1-2-11-5-6-19(13(11)7-10)9-12-3-4-14(21-12)15(20)18-17/h1-7H,9,17H2,(H,18,20). The highest BCUT2D eigenvalue weighted by molar-refractivity contribution is 7.14. The summed E-state index contributed by atoms with van der Waals surface area (Å²) in [6, 6.07) is 13.4. The van der Waals surface area contributed by atoms with Crippen molar-refractivity contribution in [2.75, 3.05) is 0 Å². The van der Waals surface area contributed by atoms with Crippen LogP contribution in [0.25, 0.3) is 10.9 Å². The predicted octanol–water partition coefficient (Wildman–Crippen LogP) is 2.23. The molecule has 1 amide bonds. The molecule has 0 bridgehead atoms. The van der Waals surface area contributed by atoms with E-state index in [9.17, 15) is 4.79 Å². The Bertz CT molecular complexity index is 856. The molecule has 1 aromatic carbocycles. The van der Waals surface area contributed by atoms with Gasteiger partial charge in [0.1, 0.15) is 0 Å². The summed E-state index contributed by atoms with van der Waals surface area (Å²) in [4.78, 5) is 13.1. The largest absolute Gasteiger partial charge is 0.342 e. The van der Waals surface area contributed by atoms with Crippen LogP contribution in [-0.4, -0.2) is 10.5 Å². The van der Waals surface area contributed by atoms with Crippen molar-refractivity contribution in [3.8, 4) is 6.07 Å². The van der Waals surface area contributed by atoms with Crippen LogP contribution < -0.4 is 11.3 Å². The number of fused-ring (bicyclic) bond motifs is 1. The lowest BCUT2D eigenvalue weighted by molar-refractivity contribution is 0.0957. The van der Waals surface area contributed by atoms with E-state index < -0.39 is 0 Å². The number of nitrogen functional groups attached to an aromatic ring is 1. The summed E-state index contributed by atoms with van der Waals surface area (Å²) in [7, 11) is 0. The van der Waals surface area contributed by atoms with Gasteiger partial charge in [-0.3, -0.25) is 10.2 Å². The third-order valence-electron chi connectivity index (χ3n) is 3.25. The van der Waals surface area contributed by atoms with Gasteiger partial charge < -0.3 is 4.57 Å². The Morgan fingerprint density at radius 2 is 2.19 bits per heavy atom. The van der Waals surface area contributed by atoms with E-state index in [-0.39, 0.29) is 5.91 Å². The van der Waals surface area contributed by atoms with Gasteiger partial charge in [0.25, 0.3) is 5.91 Å². The number of hydrogen-bond donors (Lipinski definition) is 2. The molecule has 2 heterocycles. The lowest BCUT2D eigenvalue weighted by atomic mass is 10.2. The van der Waals surface area contributed by atoms with E-state index in [4.69, 9.17) is 11.1 Å². The van der Waals surface area contributed by atoms with Gasteiger partial charge in [0.15, 0.2) is 0 Å². The van der Waals surface area contributed by atoms with E-state index in [1.165, 1.54) is 11.3 Å². The minimum atomic E-state index is -0.282. The molecule has 3 rings (SSSR count). The molecule has 0 aliphatic heterocycles. The van der Waals surface area contributed by atoms with E-state index >= 15 is 0 Å². The molecular formula is C15H12N4OS. The fourth-order valence-electron chi connectivity index (χ4n) is 2.22. The number of carbonyl (C=O) groups excluding carboxylic acids is 1. The van der Waals surface area contributed by atoms with Gasteiger partial charge in [-0.05, 0) is 35.7 Å². The van der Waals surface area contributed by atoms with E-state index in [2.05, 4.69) is 16.1 Å². The molecule has 104 valence electrons. The summed E-state index contributed by atoms with van der Waals surface area (Å²) in [5.41, 5.74) is 3.77. The quantitative estimate of drug-likeness (QED) is 0.441. The zero-order chi connectivity index (χ0) is 14.8. The van der Waals surface area contributed by atoms with Gasteiger partial charge in [-0.1, -0.05) is 6.07 Å². The fourth-order valence-corrected chi connectivity index (χ4v) is 3.13. The number of benzene rings is 1. The molecule has 5 nitrogen and oxygen atoms in total. The maximum atomic E-state index is 11.5. The number of amides is 1. The smallest absolute Gasteiger partial charge is 0.275 e. The second kappa shape index (κ2) is 5.40. The number of aromatic nitrogens is 1. The molecule has 6 heteroatoms. The van der Waals surface area contributed by atoms with Gasteiger partial charge in [0.2, 0.25) is 0 Å². The van der Waals surface area contributed by atoms with Crippen molar-refractivity contribution in [1.29, 1.82) is 5.26 Å². The summed E-state index contributed by atoms with van der Waals surface area (Å²) in [6.07, 6.45) is 1.98. The second-order valence-electron chi connectivity index (χ2n) is 4.57. The molecule has 0 fully saturated rings. The number of nitrogens with two attached hydrogens (primary N) is 1. The number of hydrazine groups is 1. The van der Waals surface area contributed by atoms with E-state index in [0.29, 0.717) is 17.0 Å². The third-order valence-corrected chi connectivity index (χ3v) is 4.31. The van der Waals surface area contributed by atoms with E-state index in [1.54, 1.807) is 6.07 Å². The Morgan fingerprint density at radius 3 is 2.95 bits per heavy atom. The summed E-state index contributed by atoms with van der Waals surface area (Å²) in [6.45, 7) is 0.654. The molecule has 3 aromatic rings. The summed E-state index contributed by atoms with van der Waals surface area (Å²) < 4.78 is 2.06. The summed E-state index contributed by atoms with van der Waals surface area (Å²) in [5.74, 6) is 4.84. The Balaban J connectivity index is 1.93. The van der Waals surface area contributed by atoms with Crippen molar-refractivity contribution in [1.82, 2.24) is 9.99 Å². The van der Waals surface area contributed by atoms with Gasteiger partial charge in [-0.15, -0.1) is 11.3 Å². The second-order valence-corrected chi connectivity index (χ2v) is 5.74. The van der Waals surface area contributed by atoms with Crippen molar-refractivity contribution >= 4 is 28.1 Å². The first-order valence-electron chi connectivity index (χ1n) is 6.30. The zero-order valence-corrected chi connectivity index (χ0v) is 11.9. The Hall–Kier alpha value is -2.62. The number of nitriles is 1. The molecule has 0 radical (unpaired) electrons. The summed E-state index contributed by atoms with van der Waals surface area (Å²) >= 11 is 1.40. The molecular weight excluding hydrogens is 284 g/mol. The highest BCUT2D eigenvalue weighted by Gasteiger charge is 2.09. The topological polar surface area (TPSA) is 83.8 Å². The molecule has 0 unspecified atom stereocenters. The van der Waals surface area contributed by atoms with Crippen molar-refractivity contribution in [3.05, 3.63) is 57.9 Å². The van der Waals surface area contributed by atoms with Crippen LogP contribution in [0.2, 0.25) is 0 Å². The minimum Gasteiger partial charge on any atom is -0.342 e. The lowest BCUT2D eigenvalue weighted by Gasteiger charge is -2.03. The third kappa shape index (κ3) is 2.52. The average Bonchev–Trinajstić information content (AvgIpc) is 3.14. The first-order valence-corrected chi connectivity index (χ1v) is 7.11. The monoisotopic (exact) mass is 296 g/mol. The Kier molecular flexibility index (Phi) is 3.44. The Labute approximate surface area is 125 Å². The van der Waals surface area contributed by atoms with Crippen LogP contribution in [0.1, 0.15) is 20.1 Å². The number of carbonyl (C=O) groups is 1. The normalized spacial score (nSPS) is 10.5. The summed E-state index contributed by atoms with van der Waals surface area (Å²) in [5, 5.41) is 10.1. The van der Waals surface area contributed by atoms with E-state index in [0.717, 1.165) is 15.8 Å². The number of hydrogen-bond acceptors (Lipinski definition) is 4. The van der Waals surface area contributed by atoms with Crippen LogP contribution in [0.15, 0.2) is 42.6 Å². The van der Waals surface area contributed by atoms with Crippen LogP contribution in [0, 0.1) is 11.3 Å². The van der Waals surface area contributed by atoms with Gasteiger partial charge >= 0.3 is 0 Å². The maximum absolute atomic E-state index is 11.5. The molecule has 3 N–H and O–H groups in total. The number of rotatable bonds is 3. The highest BCUT2D eigenvalue weighted by atomic mass is 32.1. The molecule has 0 atom stereocenters. The minimum absolute atomic E-state index is 0.282. The highest BCUT2D eigenvalue weighted by Crippen LogP contribution is 2.22. The van der Waals surface area contributed by atoms with E-state index in [1.807, 2.05) is 36.5 Å². The van der Waals surface area contributed by atoms with Gasteiger partial charge in [-0.2, -0.15) is 5.26 Å². The lowest BCUT2D eigenvalue weighted by Crippen LogP contribution is -2.29. The predicted molar refractivity (Wildman–Crippen MR) is 81.7 cm³/mol. The van der Waals surface area contributed by atoms with Gasteiger partial charge in [0.05, 0.1) is 23.1 Å². The molecule has 2 aromatic heterocycles. The van der Waals surface area contributed by atoms with Crippen LogP contribution >= 0.6 is 11.3 Å². The first-order chi connectivity index (χ1) is 10.2. The van der Waals surface area contributed by atoms with Crippen molar-refractivity contribution in [3.63, 3.8) is 0 Å². The average molecular weight is 296 g/mol. The molecule has 0 aliphatic carbocycles. The number of nitrogens with zero attached hydrogens (tertiary/aromatic N) is 2. The van der Waals surface area contributed by atoms with Crippen molar-refractivity contribution in [2.24, 2.45) is 5.84 Å². The van der Waals surface area contributed by atoms with Crippen LogP contribution in [0.3, 0.4) is 0 Å². The van der Waals surface area contributed by atoms with Gasteiger partial charge in [-0.25, -0.2) is 5.84 Å². The SMILES string of the molecule is N#Cc1ccc2ccn(Cc3ccc(C(=O)NN)s3)c2c1. The molecule has 0 spiro atoms. The van der Waals surface area contributed by atoms with Crippen LogP contribution in [0.4, 0.5) is 0 Å². The fraction of sp³-hybridized carbons (Fsp3) is 0.0667. The zero-order valence-electron chi connectivity index (χ0n) is 11.0. The number of thiophene rings is 1. The van der Waals surface area contributed by atoms with Gasteiger partial charge in [0, 0.05) is 16.6 Å². The molecule has 0 saturated heterocycles. The molecule has 0 saturated carbocycles. The number of nitrogens with one attached hydrogen (secondary N) is 1. The maximum Gasteiger partial charge on any atom is 0.275 e. The molecule has 0 aliphatic rings. The van der Waals surface area contributed by atoms with Crippen molar-refractivity contribution in [2.45, 2.75) is 6.54 Å².